The topological polar surface area (TPSA) is 56.8 Å². The van der Waals surface area contributed by atoms with Gasteiger partial charge in [-0.15, -0.1) is 0 Å². The minimum Gasteiger partial charge on any atom is -0.493 e. The molecule has 2 aromatic carbocycles. The molecule has 1 N–H and O–H groups in total. The lowest BCUT2D eigenvalue weighted by atomic mass is 9.89. The molecule has 1 heterocycles. The SMILES string of the molecule is COC(=O)c1ccc(C2NCCc3cc(OC)c(OC)cc32)cc1. The van der Waals surface area contributed by atoms with E-state index in [4.69, 9.17) is 14.2 Å². The van der Waals surface area contributed by atoms with Crippen molar-refractivity contribution in [1.82, 2.24) is 5.32 Å². The van der Waals surface area contributed by atoms with Gasteiger partial charge in [0.2, 0.25) is 0 Å². The second-order valence-electron chi connectivity index (χ2n) is 5.66. The Hall–Kier alpha value is -2.53. The second-order valence-corrected chi connectivity index (χ2v) is 5.66. The summed E-state index contributed by atoms with van der Waals surface area (Å²) in [5, 5.41) is 3.53. The molecule has 1 aliphatic heterocycles. The van der Waals surface area contributed by atoms with Crippen molar-refractivity contribution < 1.29 is 19.0 Å². The number of nitrogens with one attached hydrogen (secondary N) is 1. The highest BCUT2D eigenvalue weighted by molar-refractivity contribution is 5.89. The van der Waals surface area contributed by atoms with Crippen LogP contribution in [0.2, 0.25) is 0 Å². The standard InChI is InChI=1S/C19H21NO4/c1-22-16-10-14-8-9-20-18(15(14)11-17(16)23-2)12-4-6-13(7-5-12)19(21)24-3/h4-7,10-11,18,20H,8-9H2,1-3H3. The fourth-order valence-corrected chi connectivity index (χ4v) is 3.11. The zero-order valence-electron chi connectivity index (χ0n) is 14.1. The van der Waals surface area contributed by atoms with E-state index < -0.39 is 0 Å². The third kappa shape index (κ3) is 2.95. The molecule has 0 saturated carbocycles. The fraction of sp³-hybridized carbons (Fsp3) is 0.316. The molecule has 5 nitrogen and oxygen atoms in total. The highest BCUT2D eigenvalue weighted by Gasteiger charge is 2.24. The van der Waals surface area contributed by atoms with Crippen LogP contribution in [0, 0.1) is 0 Å². The van der Waals surface area contributed by atoms with Crippen molar-refractivity contribution in [2.24, 2.45) is 0 Å². The van der Waals surface area contributed by atoms with E-state index in [1.54, 1.807) is 26.4 Å². The van der Waals surface area contributed by atoms with Crippen molar-refractivity contribution in [3.63, 3.8) is 0 Å². The molecule has 0 aliphatic carbocycles. The number of methoxy groups -OCH3 is 3. The molecule has 0 fully saturated rings. The Labute approximate surface area is 141 Å². The minimum atomic E-state index is -0.329. The number of esters is 1. The third-order valence-electron chi connectivity index (χ3n) is 4.36. The molecular weight excluding hydrogens is 306 g/mol. The Kier molecular flexibility index (Phi) is 4.71. The normalized spacial score (nSPS) is 16.2. The first-order chi connectivity index (χ1) is 11.7. The summed E-state index contributed by atoms with van der Waals surface area (Å²) in [5.74, 6) is 1.14. The molecule has 5 heteroatoms. The molecule has 1 atom stereocenters. The van der Waals surface area contributed by atoms with Crippen LogP contribution in [0.5, 0.6) is 11.5 Å². The van der Waals surface area contributed by atoms with Crippen LogP contribution in [-0.4, -0.2) is 33.8 Å². The fourth-order valence-electron chi connectivity index (χ4n) is 3.11. The number of hydrogen-bond donors (Lipinski definition) is 1. The molecule has 0 spiro atoms. The molecule has 2 aromatic rings. The number of carbonyl (C=O) groups excluding carboxylic acids is 1. The van der Waals surface area contributed by atoms with Crippen molar-refractivity contribution in [1.29, 1.82) is 0 Å². The highest BCUT2D eigenvalue weighted by Crippen LogP contribution is 2.37. The number of hydrogen-bond acceptors (Lipinski definition) is 5. The average Bonchev–Trinajstić information content (AvgIpc) is 2.65. The van der Waals surface area contributed by atoms with E-state index in [9.17, 15) is 4.79 Å². The molecule has 0 amide bonds. The summed E-state index contributed by atoms with van der Waals surface area (Å²) < 4.78 is 15.6. The second kappa shape index (κ2) is 6.93. The first kappa shape index (κ1) is 16.3. The molecule has 1 aliphatic rings. The summed E-state index contributed by atoms with van der Waals surface area (Å²) in [6, 6.07) is 11.6. The van der Waals surface area contributed by atoms with E-state index in [-0.39, 0.29) is 12.0 Å². The zero-order valence-corrected chi connectivity index (χ0v) is 14.1. The number of fused-ring (bicyclic) bond motifs is 1. The van der Waals surface area contributed by atoms with E-state index in [0.29, 0.717) is 5.56 Å². The average molecular weight is 327 g/mol. The summed E-state index contributed by atoms with van der Waals surface area (Å²) >= 11 is 0. The van der Waals surface area contributed by atoms with Gasteiger partial charge in [-0.2, -0.15) is 0 Å². The van der Waals surface area contributed by atoms with Gasteiger partial charge in [-0.25, -0.2) is 4.79 Å². The monoisotopic (exact) mass is 327 g/mol. The first-order valence-electron chi connectivity index (χ1n) is 7.84. The molecule has 0 aromatic heterocycles. The van der Waals surface area contributed by atoms with Gasteiger partial charge in [0.25, 0.3) is 0 Å². The molecule has 24 heavy (non-hydrogen) atoms. The largest absolute Gasteiger partial charge is 0.493 e. The van der Waals surface area contributed by atoms with Gasteiger partial charge in [-0.1, -0.05) is 12.1 Å². The number of rotatable bonds is 4. The third-order valence-corrected chi connectivity index (χ3v) is 4.36. The summed E-state index contributed by atoms with van der Waals surface area (Å²) in [6.07, 6.45) is 0.937. The predicted octanol–water partition coefficient (Wildman–Crippen LogP) is 2.73. The van der Waals surface area contributed by atoms with Crippen molar-refractivity contribution in [3.05, 3.63) is 58.7 Å². The van der Waals surface area contributed by atoms with Crippen molar-refractivity contribution in [3.8, 4) is 11.5 Å². The van der Waals surface area contributed by atoms with Crippen LogP contribution in [0.15, 0.2) is 36.4 Å². The maximum atomic E-state index is 11.6. The highest BCUT2D eigenvalue weighted by atomic mass is 16.5. The molecule has 1 unspecified atom stereocenters. The van der Waals surface area contributed by atoms with Crippen LogP contribution in [0.1, 0.15) is 33.1 Å². The van der Waals surface area contributed by atoms with Crippen molar-refractivity contribution in [2.45, 2.75) is 12.5 Å². The lowest BCUT2D eigenvalue weighted by Gasteiger charge is -2.28. The van der Waals surface area contributed by atoms with Crippen LogP contribution in [0.25, 0.3) is 0 Å². The maximum absolute atomic E-state index is 11.6. The summed E-state index contributed by atoms with van der Waals surface area (Å²) in [7, 11) is 4.67. The van der Waals surface area contributed by atoms with Crippen molar-refractivity contribution in [2.75, 3.05) is 27.9 Å². The van der Waals surface area contributed by atoms with Gasteiger partial charge in [0.15, 0.2) is 11.5 Å². The molecule has 0 radical (unpaired) electrons. The minimum absolute atomic E-state index is 0.0558. The van der Waals surface area contributed by atoms with Crippen LogP contribution in [-0.2, 0) is 11.2 Å². The van der Waals surface area contributed by atoms with E-state index in [1.165, 1.54) is 18.2 Å². The van der Waals surface area contributed by atoms with Gasteiger partial charge in [-0.05, 0) is 47.4 Å². The maximum Gasteiger partial charge on any atom is 0.337 e. The lowest BCUT2D eigenvalue weighted by Crippen LogP contribution is -2.30. The van der Waals surface area contributed by atoms with E-state index >= 15 is 0 Å². The van der Waals surface area contributed by atoms with Crippen LogP contribution in [0.4, 0.5) is 0 Å². The van der Waals surface area contributed by atoms with Crippen LogP contribution in [0.3, 0.4) is 0 Å². The number of benzene rings is 2. The van der Waals surface area contributed by atoms with Gasteiger partial charge < -0.3 is 19.5 Å². The van der Waals surface area contributed by atoms with Crippen LogP contribution < -0.4 is 14.8 Å². The smallest absolute Gasteiger partial charge is 0.337 e. The van der Waals surface area contributed by atoms with E-state index in [2.05, 4.69) is 5.32 Å². The number of carbonyl (C=O) groups is 1. The van der Waals surface area contributed by atoms with Gasteiger partial charge in [0, 0.05) is 6.54 Å². The lowest BCUT2D eigenvalue weighted by molar-refractivity contribution is 0.0600. The van der Waals surface area contributed by atoms with Gasteiger partial charge >= 0.3 is 5.97 Å². The Bertz CT molecular complexity index is 740. The molecule has 0 saturated heterocycles. The van der Waals surface area contributed by atoms with Gasteiger partial charge in [-0.3, -0.25) is 0 Å². The summed E-state index contributed by atoms with van der Waals surface area (Å²) in [5.41, 5.74) is 4.05. The van der Waals surface area contributed by atoms with Gasteiger partial charge in [0.1, 0.15) is 0 Å². The summed E-state index contributed by atoms with van der Waals surface area (Å²) in [4.78, 5) is 11.6. The van der Waals surface area contributed by atoms with Crippen molar-refractivity contribution >= 4 is 5.97 Å². The molecule has 0 bridgehead atoms. The Morgan fingerprint density at radius 3 is 2.33 bits per heavy atom. The molecule has 126 valence electrons. The summed E-state index contributed by atoms with van der Waals surface area (Å²) in [6.45, 7) is 0.881. The molecule has 3 rings (SSSR count). The predicted molar refractivity (Wildman–Crippen MR) is 90.9 cm³/mol. The van der Waals surface area contributed by atoms with E-state index in [0.717, 1.165) is 30.0 Å². The first-order valence-corrected chi connectivity index (χ1v) is 7.84. The van der Waals surface area contributed by atoms with Crippen LogP contribution >= 0.6 is 0 Å². The Morgan fingerprint density at radius 2 is 1.71 bits per heavy atom. The molecular formula is C19H21NO4. The quantitative estimate of drug-likeness (QED) is 0.875. The van der Waals surface area contributed by atoms with E-state index in [1.807, 2.05) is 24.3 Å². The van der Waals surface area contributed by atoms with Gasteiger partial charge in [0.05, 0.1) is 32.9 Å². The Balaban J connectivity index is 1.98. The number of ether oxygens (including phenoxy) is 3. The zero-order chi connectivity index (χ0) is 17.1. The Morgan fingerprint density at radius 1 is 1.04 bits per heavy atom.